The highest BCUT2D eigenvalue weighted by Crippen LogP contribution is 2.31. The van der Waals surface area contributed by atoms with Crippen LogP contribution in [0, 0.1) is 6.92 Å². The third-order valence-electron chi connectivity index (χ3n) is 2.49. The molecule has 0 aliphatic carbocycles. The average Bonchev–Trinajstić information content (AvgIpc) is 2.85. The lowest BCUT2D eigenvalue weighted by atomic mass is 10.2. The first-order valence-corrected chi connectivity index (χ1v) is 6.74. The number of thiazole rings is 1. The topological polar surface area (TPSA) is 60.5 Å². The van der Waals surface area contributed by atoms with E-state index in [4.69, 9.17) is 4.74 Å². The van der Waals surface area contributed by atoms with Crippen molar-refractivity contribution in [3.05, 3.63) is 34.3 Å². The number of nitrogens with zero attached hydrogens (tertiary/aromatic N) is 1. The van der Waals surface area contributed by atoms with Crippen molar-refractivity contribution in [1.29, 1.82) is 0 Å². The van der Waals surface area contributed by atoms with Gasteiger partial charge in [-0.25, -0.2) is 4.98 Å². The van der Waals surface area contributed by atoms with Crippen LogP contribution in [-0.4, -0.2) is 24.6 Å². The van der Waals surface area contributed by atoms with Crippen molar-refractivity contribution >= 4 is 22.9 Å². The Morgan fingerprint density at radius 1 is 1.38 bits per heavy atom. The molecule has 1 aromatic carbocycles. The molecule has 1 heterocycles. The van der Waals surface area contributed by atoms with Crippen molar-refractivity contribution in [2.24, 2.45) is 0 Å². The lowest BCUT2D eigenvalue weighted by Crippen LogP contribution is -2.12. The number of hydrogen-bond donors (Lipinski definition) is 1. The molecule has 112 valence electrons. The number of benzene rings is 1. The van der Waals surface area contributed by atoms with E-state index in [1.165, 1.54) is 36.6 Å². The SMILES string of the molecule is COc1ccc(NC(=O)c2csc(C)n2)cc1OC(F)F. The number of methoxy groups -OCH3 is 1. The maximum atomic E-state index is 12.3. The minimum absolute atomic E-state index is 0.151. The highest BCUT2D eigenvalue weighted by Gasteiger charge is 2.14. The van der Waals surface area contributed by atoms with Crippen LogP contribution in [0.2, 0.25) is 0 Å². The highest BCUT2D eigenvalue weighted by atomic mass is 32.1. The summed E-state index contributed by atoms with van der Waals surface area (Å²) in [7, 11) is 1.34. The number of anilines is 1. The molecule has 1 N–H and O–H groups in total. The van der Waals surface area contributed by atoms with Crippen molar-refractivity contribution in [3.8, 4) is 11.5 Å². The minimum atomic E-state index is -2.98. The fraction of sp³-hybridized carbons (Fsp3) is 0.231. The summed E-state index contributed by atoms with van der Waals surface area (Å²) in [6, 6.07) is 4.22. The van der Waals surface area contributed by atoms with Gasteiger partial charge in [0.1, 0.15) is 5.69 Å². The van der Waals surface area contributed by atoms with E-state index in [0.717, 1.165) is 5.01 Å². The summed E-state index contributed by atoms with van der Waals surface area (Å²) >= 11 is 1.35. The molecule has 0 spiro atoms. The molecule has 21 heavy (non-hydrogen) atoms. The van der Waals surface area contributed by atoms with Gasteiger partial charge in [-0.3, -0.25) is 4.79 Å². The summed E-state index contributed by atoms with van der Waals surface area (Å²) in [5, 5.41) is 4.94. The fourth-order valence-electron chi connectivity index (χ4n) is 1.61. The summed E-state index contributed by atoms with van der Waals surface area (Å²) in [6.45, 7) is -1.20. The zero-order valence-corrected chi connectivity index (χ0v) is 12.0. The summed E-state index contributed by atoms with van der Waals surface area (Å²) in [4.78, 5) is 16.0. The summed E-state index contributed by atoms with van der Waals surface area (Å²) in [5.74, 6) is -0.426. The van der Waals surface area contributed by atoms with Crippen LogP contribution < -0.4 is 14.8 Å². The second-order valence-electron chi connectivity index (χ2n) is 3.95. The van der Waals surface area contributed by atoms with Gasteiger partial charge in [-0.05, 0) is 19.1 Å². The molecule has 0 unspecified atom stereocenters. The van der Waals surface area contributed by atoms with Crippen LogP contribution in [0.25, 0.3) is 0 Å². The third-order valence-corrected chi connectivity index (χ3v) is 3.26. The highest BCUT2D eigenvalue weighted by molar-refractivity contribution is 7.09. The number of nitrogens with one attached hydrogen (secondary N) is 1. The van der Waals surface area contributed by atoms with E-state index in [9.17, 15) is 13.6 Å². The van der Waals surface area contributed by atoms with Gasteiger partial charge in [-0.2, -0.15) is 8.78 Å². The number of alkyl halides is 2. The molecular formula is C13H12F2N2O3S. The predicted molar refractivity (Wildman–Crippen MR) is 74.4 cm³/mol. The number of aromatic nitrogens is 1. The Labute approximate surface area is 123 Å². The van der Waals surface area contributed by atoms with Gasteiger partial charge in [0.15, 0.2) is 11.5 Å². The molecule has 0 saturated heterocycles. The zero-order chi connectivity index (χ0) is 15.4. The number of amides is 1. The first kappa shape index (κ1) is 15.2. The summed E-state index contributed by atoms with van der Waals surface area (Å²) in [5.41, 5.74) is 0.576. The van der Waals surface area contributed by atoms with Crippen molar-refractivity contribution < 1.29 is 23.0 Å². The molecule has 0 bridgehead atoms. The molecule has 1 amide bonds. The number of ether oxygens (including phenoxy) is 2. The van der Waals surface area contributed by atoms with E-state index in [2.05, 4.69) is 15.0 Å². The normalized spacial score (nSPS) is 10.5. The van der Waals surface area contributed by atoms with Gasteiger partial charge in [0.05, 0.1) is 12.1 Å². The van der Waals surface area contributed by atoms with E-state index in [1.54, 1.807) is 12.3 Å². The molecule has 0 atom stereocenters. The van der Waals surface area contributed by atoms with E-state index >= 15 is 0 Å². The first-order chi connectivity index (χ1) is 9.99. The Kier molecular flexibility index (Phi) is 4.69. The van der Waals surface area contributed by atoms with Crippen molar-refractivity contribution in [2.75, 3.05) is 12.4 Å². The predicted octanol–water partition coefficient (Wildman–Crippen LogP) is 3.31. The molecule has 2 aromatic rings. The van der Waals surface area contributed by atoms with Gasteiger partial charge >= 0.3 is 6.61 Å². The lowest BCUT2D eigenvalue weighted by Gasteiger charge is -2.11. The first-order valence-electron chi connectivity index (χ1n) is 5.86. The molecule has 8 heteroatoms. The molecule has 0 saturated carbocycles. The molecular weight excluding hydrogens is 302 g/mol. The Morgan fingerprint density at radius 2 is 2.14 bits per heavy atom. The molecule has 1 aromatic heterocycles. The largest absolute Gasteiger partial charge is 0.493 e. The molecule has 5 nitrogen and oxygen atoms in total. The number of halogens is 2. The van der Waals surface area contributed by atoms with Crippen molar-refractivity contribution in [2.45, 2.75) is 13.5 Å². The maximum absolute atomic E-state index is 12.3. The number of rotatable bonds is 5. The average molecular weight is 314 g/mol. The number of carbonyl (C=O) groups excluding carboxylic acids is 1. The van der Waals surface area contributed by atoms with E-state index in [1.807, 2.05) is 0 Å². The lowest BCUT2D eigenvalue weighted by molar-refractivity contribution is -0.0511. The number of hydrogen-bond acceptors (Lipinski definition) is 5. The van der Waals surface area contributed by atoms with Gasteiger partial charge in [-0.15, -0.1) is 11.3 Å². The van der Waals surface area contributed by atoms with Crippen LogP contribution in [-0.2, 0) is 0 Å². The van der Waals surface area contributed by atoms with E-state index in [-0.39, 0.29) is 17.2 Å². The molecule has 0 aliphatic heterocycles. The fourth-order valence-corrected chi connectivity index (χ4v) is 2.20. The van der Waals surface area contributed by atoms with Gasteiger partial charge in [0.25, 0.3) is 5.91 Å². The monoisotopic (exact) mass is 314 g/mol. The maximum Gasteiger partial charge on any atom is 0.387 e. The third kappa shape index (κ3) is 3.88. The van der Waals surface area contributed by atoms with Crippen molar-refractivity contribution in [3.63, 3.8) is 0 Å². The van der Waals surface area contributed by atoms with Crippen LogP contribution in [0.5, 0.6) is 11.5 Å². The Hall–Kier alpha value is -2.22. The number of carbonyl (C=O) groups is 1. The van der Waals surface area contributed by atoms with Gasteiger partial charge in [0.2, 0.25) is 0 Å². The second-order valence-corrected chi connectivity index (χ2v) is 5.01. The Balaban J connectivity index is 2.18. The minimum Gasteiger partial charge on any atom is -0.493 e. The molecule has 0 radical (unpaired) electrons. The Bertz CT molecular complexity index is 646. The van der Waals surface area contributed by atoms with Gasteiger partial charge < -0.3 is 14.8 Å². The van der Waals surface area contributed by atoms with E-state index in [0.29, 0.717) is 5.69 Å². The molecule has 2 rings (SSSR count). The number of aryl methyl sites for hydroxylation is 1. The van der Waals surface area contributed by atoms with Crippen LogP contribution in [0.15, 0.2) is 23.6 Å². The van der Waals surface area contributed by atoms with Crippen LogP contribution in [0.1, 0.15) is 15.5 Å². The van der Waals surface area contributed by atoms with Crippen molar-refractivity contribution in [1.82, 2.24) is 4.98 Å². The molecule has 0 fully saturated rings. The zero-order valence-electron chi connectivity index (χ0n) is 11.2. The standard InChI is InChI=1S/C13H12F2N2O3S/c1-7-16-9(6-21-7)12(18)17-8-3-4-10(19-2)11(5-8)20-13(14)15/h3-6,13H,1-2H3,(H,17,18). The van der Waals surface area contributed by atoms with E-state index < -0.39 is 12.5 Å². The Morgan fingerprint density at radius 3 is 2.71 bits per heavy atom. The van der Waals surface area contributed by atoms with Crippen LogP contribution in [0.4, 0.5) is 14.5 Å². The van der Waals surface area contributed by atoms with Crippen LogP contribution in [0.3, 0.4) is 0 Å². The van der Waals surface area contributed by atoms with Gasteiger partial charge in [-0.1, -0.05) is 0 Å². The molecule has 0 aliphatic rings. The van der Waals surface area contributed by atoms with Crippen LogP contribution >= 0.6 is 11.3 Å². The summed E-state index contributed by atoms with van der Waals surface area (Å²) in [6.07, 6.45) is 0. The second kappa shape index (κ2) is 6.49. The van der Waals surface area contributed by atoms with Gasteiger partial charge in [0, 0.05) is 17.1 Å². The quantitative estimate of drug-likeness (QED) is 0.920. The summed E-state index contributed by atoms with van der Waals surface area (Å²) < 4.78 is 33.9. The smallest absolute Gasteiger partial charge is 0.387 e.